The van der Waals surface area contributed by atoms with Gasteiger partial charge in [0.2, 0.25) is 0 Å². The van der Waals surface area contributed by atoms with Crippen LogP contribution in [0.5, 0.6) is 5.75 Å². The number of hydrogen-bond donors (Lipinski definition) is 0. The van der Waals surface area contributed by atoms with Crippen molar-refractivity contribution in [3.05, 3.63) is 162 Å². The topological polar surface area (TPSA) is 64.6 Å². The molecular formula is C41H46O7. The van der Waals surface area contributed by atoms with Crippen molar-refractivity contribution in [2.24, 2.45) is 0 Å². The van der Waals surface area contributed by atoms with Gasteiger partial charge in [-0.05, 0) is 48.2 Å². The first kappa shape index (κ1) is 34.9. The van der Waals surface area contributed by atoms with Gasteiger partial charge in [0.25, 0.3) is 0 Å². The first-order valence-corrected chi connectivity index (χ1v) is 16.4. The lowest BCUT2D eigenvalue weighted by atomic mass is 9.83. The molecule has 1 saturated carbocycles. The lowest BCUT2D eigenvalue weighted by Crippen LogP contribution is -2.67. The van der Waals surface area contributed by atoms with Crippen LogP contribution in [0, 0.1) is 0 Å². The second-order valence-corrected chi connectivity index (χ2v) is 11.5. The van der Waals surface area contributed by atoms with Crippen LogP contribution in [0.4, 0.5) is 0 Å². The second-order valence-electron chi connectivity index (χ2n) is 11.5. The maximum atomic E-state index is 6.79. The van der Waals surface area contributed by atoms with Crippen LogP contribution < -0.4 is 4.74 Å². The summed E-state index contributed by atoms with van der Waals surface area (Å²) in [5, 5.41) is 0. The molecule has 7 heteroatoms. The molecule has 48 heavy (non-hydrogen) atoms. The molecule has 0 aliphatic heterocycles. The van der Waals surface area contributed by atoms with E-state index in [0.717, 1.165) is 28.0 Å². The molecule has 1 fully saturated rings. The molecular weight excluding hydrogens is 604 g/mol. The van der Waals surface area contributed by atoms with Crippen LogP contribution in [-0.2, 0) is 54.8 Å². The van der Waals surface area contributed by atoms with E-state index < -0.39 is 36.6 Å². The standard InChI is InChI=1S/C41H46O7/c1-4-25-43-36-38(45-27-31-15-9-6-10-16-31)39(46-28-32-17-11-7-12-18-32)37(44-26-5-2)41(40(36)47-29-33-19-13-8-14-20-33)48-30-34-21-23-35(42-3)24-22-34/h4-26,36-41H,27-30H2,1-3H3/t36-,37-,38+,39-,40+,41+/m0/s1. The van der Waals surface area contributed by atoms with Crippen LogP contribution in [-0.4, -0.2) is 43.7 Å². The van der Waals surface area contributed by atoms with Crippen molar-refractivity contribution in [3.63, 3.8) is 0 Å². The number of benzene rings is 4. The lowest BCUT2D eigenvalue weighted by molar-refractivity contribution is -0.274. The van der Waals surface area contributed by atoms with Crippen LogP contribution >= 0.6 is 0 Å². The Morgan fingerprint density at radius 3 is 1.02 bits per heavy atom. The van der Waals surface area contributed by atoms with Gasteiger partial charge in [0, 0.05) is 0 Å². The van der Waals surface area contributed by atoms with Crippen molar-refractivity contribution in [3.8, 4) is 5.75 Å². The van der Waals surface area contributed by atoms with Crippen LogP contribution in [0.3, 0.4) is 0 Å². The quantitative estimate of drug-likeness (QED) is 0.107. The average Bonchev–Trinajstić information content (AvgIpc) is 3.14. The Morgan fingerprint density at radius 1 is 0.417 bits per heavy atom. The van der Waals surface area contributed by atoms with Gasteiger partial charge in [0.05, 0.1) is 46.1 Å². The van der Waals surface area contributed by atoms with Crippen LogP contribution in [0.25, 0.3) is 0 Å². The van der Waals surface area contributed by atoms with Crippen molar-refractivity contribution in [1.29, 1.82) is 0 Å². The summed E-state index contributed by atoms with van der Waals surface area (Å²) in [6.07, 6.45) is 3.53. The Balaban J connectivity index is 1.54. The number of hydrogen-bond acceptors (Lipinski definition) is 7. The van der Waals surface area contributed by atoms with E-state index in [0.29, 0.717) is 26.4 Å². The maximum Gasteiger partial charge on any atom is 0.155 e. The minimum atomic E-state index is -0.602. The molecule has 0 unspecified atom stereocenters. The molecule has 0 radical (unpaired) electrons. The van der Waals surface area contributed by atoms with Gasteiger partial charge in [0.1, 0.15) is 30.2 Å². The Hall–Kier alpha value is -4.40. The van der Waals surface area contributed by atoms with Gasteiger partial charge < -0.3 is 33.2 Å². The SMILES string of the molecule is CC=CO[C@@H]1[C@@H](OCc2ccccc2)[C@H](OCc2ccc(OC)cc2)[C@@H](OC=CC)[C@H](OCc2ccccc2)[C@@H]1OCc1ccccc1. The Kier molecular flexibility index (Phi) is 13.7. The molecule has 4 aromatic carbocycles. The zero-order valence-corrected chi connectivity index (χ0v) is 27.9. The number of rotatable bonds is 17. The molecule has 0 N–H and O–H groups in total. The predicted octanol–water partition coefficient (Wildman–Crippen LogP) is 8.19. The monoisotopic (exact) mass is 650 g/mol. The van der Waals surface area contributed by atoms with Gasteiger partial charge in [-0.25, -0.2) is 0 Å². The predicted molar refractivity (Wildman–Crippen MR) is 186 cm³/mol. The Labute approximate surface area is 284 Å². The van der Waals surface area contributed by atoms with Crippen LogP contribution in [0.15, 0.2) is 140 Å². The first-order valence-electron chi connectivity index (χ1n) is 16.4. The molecule has 5 rings (SSSR count). The highest BCUT2D eigenvalue weighted by atomic mass is 16.6. The average molecular weight is 651 g/mol. The lowest BCUT2D eigenvalue weighted by Gasteiger charge is -2.49. The summed E-state index contributed by atoms with van der Waals surface area (Å²) in [5.41, 5.74) is 4.09. The van der Waals surface area contributed by atoms with Gasteiger partial charge in [-0.3, -0.25) is 0 Å². The minimum absolute atomic E-state index is 0.312. The van der Waals surface area contributed by atoms with E-state index in [9.17, 15) is 0 Å². The molecule has 0 heterocycles. The van der Waals surface area contributed by atoms with E-state index in [-0.39, 0.29) is 0 Å². The van der Waals surface area contributed by atoms with E-state index in [1.807, 2.05) is 141 Å². The fraction of sp³-hybridized carbons (Fsp3) is 0.317. The summed E-state index contributed by atoms with van der Waals surface area (Å²) >= 11 is 0. The van der Waals surface area contributed by atoms with Crippen LogP contribution in [0.2, 0.25) is 0 Å². The van der Waals surface area contributed by atoms with E-state index >= 15 is 0 Å². The number of ether oxygens (including phenoxy) is 7. The molecule has 4 aromatic rings. The van der Waals surface area contributed by atoms with Gasteiger partial charge in [-0.1, -0.05) is 115 Å². The molecule has 0 saturated heterocycles. The first-order chi connectivity index (χ1) is 23.7. The van der Waals surface area contributed by atoms with Crippen molar-refractivity contribution >= 4 is 0 Å². The van der Waals surface area contributed by atoms with E-state index in [1.54, 1.807) is 19.6 Å². The highest BCUT2D eigenvalue weighted by molar-refractivity contribution is 5.27. The van der Waals surface area contributed by atoms with Gasteiger partial charge >= 0.3 is 0 Å². The third-order valence-corrected chi connectivity index (χ3v) is 8.14. The molecule has 252 valence electrons. The molecule has 7 nitrogen and oxygen atoms in total. The smallest absolute Gasteiger partial charge is 0.155 e. The summed E-state index contributed by atoms with van der Waals surface area (Å²) in [7, 11) is 1.65. The molecule has 1 aliphatic carbocycles. The van der Waals surface area contributed by atoms with Gasteiger partial charge in [-0.2, -0.15) is 0 Å². The molecule has 0 bridgehead atoms. The van der Waals surface area contributed by atoms with Crippen molar-refractivity contribution in [2.45, 2.75) is 76.9 Å². The zero-order chi connectivity index (χ0) is 33.4. The molecule has 0 aromatic heterocycles. The van der Waals surface area contributed by atoms with Gasteiger partial charge in [-0.15, -0.1) is 0 Å². The fourth-order valence-electron chi connectivity index (χ4n) is 5.74. The molecule has 1 aliphatic rings. The molecule has 6 atom stereocenters. The third kappa shape index (κ3) is 9.81. The minimum Gasteiger partial charge on any atom is -0.497 e. The van der Waals surface area contributed by atoms with E-state index in [2.05, 4.69) is 0 Å². The fourth-order valence-corrected chi connectivity index (χ4v) is 5.74. The Bertz CT molecular complexity index is 1510. The summed E-state index contributed by atoms with van der Waals surface area (Å²) < 4.78 is 45.5. The van der Waals surface area contributed by atoms with Crippen LogP contribution in [0.1, 0.15) is 36.1 Å². The summed E-state index contributed by atoms with van der Waals surface area (Å²) in [6, 6.07) is 38.1. The molecule has 0 amide bonds. The maximum absolute atomic E-state index is 6.79. The number of allylic oxidation sites excluding steroid dienone is 2. The summed E-state index contributed by atoms with van der Waals surface area (Å²) in [4.78, 5) is 0. The highest BCUT2D eigenvalue weighted by Gasteiger charge is 2.56. The second kappa shape index (κ2) is 18.8. The zero-order valence-electron chi connectivity index (χ0n) is 27.9. The van der Waals surface area contributed by atoms with Gasteiger partial charge in [0.15, 0.2) is 12.2 Å². The summed E-state index contributed by atoms with van der Waals surface area (Å²) in [5.74, 6) is 0.780. The number of methoxy groups -OCH3 is 1. The normalized spacial score (nSPS) is 22.6. The van der Waals surface area contributed by atoms with E-state index in [4.69, 9.17) is 33.2 Å². The van der Waals surface area contributed by atoms with Crippen molar-refractivity contribution in [1.82, 2.24) is 0 Å². The van der Waals surface area contributed by atoms with Crippen molar-refractivity contribution in [2.75, 3.05) is 7.11 Å². The van der Waals surface area contributed by atoms with E-state index in [1.165, 1.54) is 0 Å². The highest BCUT2D eigenvalue weighted by Crippen LogP contribution is 2.36. The van der Waals surface area contributed by atoms with Crippen molar-refractivity contribution < 1.29 is 33.2 Å². The third-order valence-electron chi connectivity index (χ3n) is 8.14. The molecule has 0 spiro atoms. The Morgan fingerprint density at radius 2 is 0.729 bits per heavy atom. The largest absolute Gasteiger partial charge is 0.497 e. The summed E-state index contributed by atoms with van der Waals surface area (Å²) in [6.45, 7) is 5.20.